The molecule has 8 heteroatoms. The lowest BCUT2D eigenvalue weighted by atomic mass is 10.1. The molecule has 0 fully saturated rings. The van der Waals surface area contributed by atoms with Crippen LogP contribution in [0, 0.1) is 13.8 Å². The second-order valence-corrected chi connectivity index (χ2v) is 8.72. The first kappa shape index (κ1) is 17.9. The van der Waals surface area contributed by atoms with Gasteiger partial charge in [-0.2, -0.15) is 5.10 Å². The molecule has 7 nitrogen and oxygen atoms in total. The van der Waals surface area contributed by atoms with E-state index in [1.54, 1.807) is 23.7 Å². The number of hydrogen-bond donors (Lipinski definition) is 2. The van der Waals surface area contributed by atoms with Gasteiger partial charge in [-0.15, -0.1) is 11.3 Å². The fraction of sp³-hybridized carbons (Fsp3) is 0.0870. The molecular formula is C23H17N7S. The zero-order valence-corrected chi connectivity index (χ0v) is 17.7. The van der Waals surface area contributed by atoms with Gasteiger partial charge < -0.3 is 4.98 Å². The first-order valence-electron chi connectivity index (χ1n) is 9.84. The molecule has 6 aromatic rings. The van der Waals surface area contributed by atoms with Gasteiger partial charge in [-0.05, 0) is 49.7 Å². The monoisotopic (exact) mass is 423 g/mol. The van der Waals surface area contributed by atoms with E-state index in [9.17, 15) is 0 Å². The van der Waals surface area contributed by atoms with Crippen LogP contribution in [0.1, 0.15) is 10.4 Å². The van der Waals surface area contributed by atoms with Crippen LogP contribution < -0.4 is 0 Å². The fourth-order valence-electron chi connectivity index (χ4n) is 3.75. The number of nitrogens with zero attached hydrogens (tertiary/aromatic N) is 5. The van der Waals surface area contributed by atoms with Gasteiger partial charge >= 0.3 is 0 Å². The molecule has 150 valence electrons. The Balaban J connectivity index is 1.52. The van der Waals surface area contributed by atoms with Crippen molar-refractivity contribution in [1.82, 2.24) is 35.1 Å². The van der Waals surface area contributed by atoms with Crippen molar-refractivity contribution in [2.24, 2.45) is 0 Å². The van der Waals surface area contributed by atoms with Gasteiger partial charge in [0.1, 0.15) is 11.0 Å². The van der Waals surface area contributed by atoms with E-state index in [1.807, 2.05) is 30.6 Å². The number of pyridine rings is 3. The summed E-state index contributed by atoms with van der Waals surface area (Å²) in [6.45, 7) is 4.15. The third-order valence-corrected chi connectivity index (χ3v) is 6.38. The molecule has 0 saturated heterocycles. The molecule has 0 bridgehead atoms. The normalized spacial score (nSPS) is 11.5. The molecular weight excluding hydrogens is 406 g/mol. The van der Waals surface area contributed by atoms with E-state index in [0.29, 0.717) is 11.5 Å². The predicted molar refractivity (Wildman–Crippen MR) is 123 cm³/mol. The summed E-state index contributed by atoms with van der Waals surface area (Å²) in [7, 11) is 0. The summed E-state index contributed by atoms with van der Waals surface area (Å²) in [6, 6.07) is 10.2. The molecule has 0 radical (unpaired) electrons. The van der Waals surface area contributed by atoms with Gasteiger partial charge in [-0.25, -0.2) is 9.97 Å². The molecule has 6 heterocycles. The van der Waals surface area contributed by atoms with Crippen molar-refractivity contribution in [1.29, 1.82) is 0 Å². The van der Waals surface area contributed by atoms with Crippen LogP contribution in [0.25, 0.3) is 55.3 Å². The number of rotatable bonds is 3. The maximum Gasteiger partial charge on any atom is 0.161 e. The largest absolute Gasteiger partial charge is 0.335 e. The highest BCUT2D eigenvalue weighted by molar-refractivity contribution is 7.15. The Morgan fingerprint density at radius 1 is 0.806 bits per heavy atom. The van der Waals surface area contributed by atoms with E-state index in [0.717, 1.165) is 49.3 Å². The van der Waals surface area contributed by atoms with Gasteiger partial charge in [0.15, 0.2) is 11.5 Å². The Labute approximate surface area is 181 Å². The number of thiophene rings is 1. The van der Waals surface area contributed by atoms with Crippen LogP contribution in [-0.2, 0) is 0 Å². The highest BCUT2D eigenvalue weighted by Gasteiger charge is 2.17. The van der Waals surface area contributed by atoms with E-state index in [2.05, 4.69) is 51.1 Å². The van der Waals surface area contributed by atoms with Crippen molar-refractivity contribution in [3.63, 3.8) is 0 Å². The Morgan fingerprint density at radius 2 is 1.71 bits per heavy atom. The van der Waals surface area contributed by atoms with Crippen molar-refractivity contribution in [3.05, 3.63) is 65.6 Å². The summed E-state index contributed by atoms with van der Waals surface area (Å²) in [5.74, 6) is 0.663. The summed E-state index contributed by atoms with van der Waals surface area (Å²) in [5, 5.41) is 7.58. The van der Waals surface area contributed by atoms with Crippen molar-refractivity contribution >= 4 is 33.4 Å². The molecule has 6 aromatic heterocycles. The summed E-state index contributed by atoms with van der Waals surface area (Å²) in [4.78, 5) is 24.2. The molecule has 0 amide bonds. The first-order chi connectivity index (χ1) is 15.2. The summed E-state index contributed by atoms with van der Waals surface area (Å²) < 4.78 is 0. The van der Waals surface area contributed by atoms with Crippen LogP contribution in [-0.4, -0.2) is 35.1 Å². The van der Waals surface area contributed by atoms with Crippen LogP contribution in [0.15, 0.2) is 55.1 Å². The molecule has 0 saturated carbocycles. The topological polar surface area (TPSA) is 96.0 Å². The number of fused-ring (bicyclic) bond motifs is 2. The molecule has 0 aliphatic heterocycles. The summed E-state index contributed by atoms with van der Waals surface area (Å²) in [6.07, 6.45) is 7.28. The Kier molecular flexibility index (Phi) is 3.94. The minimum absolute atomic E-state index is 0.663. The van der Waals surface area contributed by atoms with Gasteiger partial charge in [-0.3, -0.25) is 15.1 Å². The molecule has 0 spiro atoms. The average Bonchev–Trinajstić information content (AvgIpc) is 3.50. The fourth-order valence-corrected chi connectivity index (χ4v) is 4.63. The van der Waals surface area contributed by atoms with E-state index in [1.165, 1.54) is 4.88 Å². The van der Waals surface area contributed by atoms with Crippen molar-refractivity contribution in [2.75, 3.05) is 0 Å². The molecule has 0 aromatic carbocycles. The van der Waals surface area contributed by atoms with Crippen LogP contribution in [0.5, 0.6) is 0 Å². The number of H-pyrrole nitrogens is 2. The predicted octanol–water partition coefficient (Wildman–Crippen LogP) is 5.30. The van der Waals surface area contributed by atoms with Crippen molar-refractivity contribution in [2.45, 2.75) is 13.8 Å². The molecule has 0 aliphatic carbocycles. The molecule has 0 unspecified atom stereocenters. The number of aromatic amines is 2. The van der Waals surface area contributed by atoms with E-state index in [4.69, 9.17) is 9.97 Å². The zero-order chi connectivity index (χ0) is 20.9. The molecule has 6 rings (SSSR count). The highest BCUT2D eigenvalue weighted by atomic mass is 32.1. The Bertz CT molecular complexity index is 1570. The molecule has 2 N–H and O–H groups in total. The molecule has 0 aliphatic rings. The standard InChI is InChI=1S/C23H17N7S/c1-12-7-8-24-9-14(12)16-4-5-17-21(26-16)22(30-29-17)23-27-18-11-25-10-15(20(18)28-23)19-6-3-13(2)31-19/h3-11H,1-2H3,(H,27,28)(H,29,30). The smallest absolute Gasteiger partial charge is 0.161 e. The second kappa shape index (κ2) is 6.82. The minimum Gasteiger partial charge on any atom is -0.335 e. The van der Waals surface area contributed by atoms with Gasteiger partial charge in [0.2, 0.25) is 0 Å². The molecule has 0 atom stereocenters. The van der Waals surface area contributed by atoms with Crippen LogP contribution >= 0.6 is 11.3 Å². The highest BCUT2D eigenvalue weighted by Crippen LogP contribution is 2.34. The van der Waals surface area contributed by atoms with Gasteiger partial charge in [0.25, 0.3) is 0 Å². The first-order valence-corrected chi connectivity index (χ1v) is 10.7. The number of aromatic nitrogens is 7. The van der Waals surface area contributed by atoms with E-state index < -0.39 is 0 Å². The lowest BCUT2D eigenvalue weighted by molar-refractivity contribution is 1.10. The van der Waals surface area contributed by atoms with Crippen molar-refractivity contribution in [3.8, 4) is 33.2 Å². The Hall–Kier alpha value is -3.91. The van der Waals surface area contributed by atoms with Crippen LogP contribution in [0.4, 0.5) is 0 Å². The van der Waals surface area contributed by atoms with Crippen LogP contribution in [0.3, 0.4) is 0 Å². The second-order valence-electron chi connectivity index (χ2n) is 7.43. The van der Waals surface area contributed by atoms with Gasteiger partial charge in [-0.1, -0.05) is 0 Å². The lowest BCUT2D eigenvalue weighted by Crippen LogP contribution is -1.90. The SMILES string of the molecule is Cc1ccc(-c2cncc3[nH]c(-c4n[nH]c5ccc(-c6cnccc6C)nc45)nc23)s1. The van der Waals surface area contributed by atoms with E-state index in [-0.39, 0.29) is 0 Å². The third-order valence-electron chi connectivity index (χ3n) is 5.35. The van der Waals surface area contributed by atoms with Crippen LogP contribution in [0.2, 0.25) is 0 Å². The molecule has 31 heavy (non-hydrogen) atoms. The number of imidazole rings is 1. The summed E-state index contributed by atoms with van der Waals surface area (Å²) >= 11 is 1.73. The number of aryl methyl sites for hydroxylation is 2. The Morgan fingerprint density at radius 3 is 2.55 bits per heavy atom. The quantitative estimate of drug-likeness (QED) is 0.402. The van der Waals surface area contributed by atoms with Gasteiger partial charge in [0, 0.05) is 39.5 Å². The number of nitrogens with one attached hydrogen (secondary N) is 2. The lowest BCUT2D eigenvalue weighted by Gasteiger charge is -2.04. The third kappa shape index (κ3) is 2.91. The minimum atomic E-state index is 0.663. The van der Waals surface area contributed by atoms with E-state index >= 15 is 0 Å². The summed E-state index contributed by atoms with van der Waals surface area (Å²) in [5.41, 5.74) is 8.04. The zero-order valence-electron chi connectivity index (χ0n) is 16.8. The maximum atomic E-state index is 4.89. The maximum absolute atomic E-state index is 4.89. The van der Waals surface area contributed by atoms with Gasteiger partial charge in [0.05, 0.1) is 22.9 Å². The number of hydrogen-bond acceptors (Lipinski definition) is 6. The van der Waals surface area contributed by atoms with Crippen molar-refractivity contribution < 1.29 is 0 Å². The average molecular weight is 424 g/mol.